The Morgan fingerprint density at radius 1 is 1.14 bits per heavy atom. The van der Waals surface area contributed by atoms with Crippen LogP contribution in [-0.4, -0.2) is 80.6 Å². The van der Waals surface area contributed by atoms with E-state index in [0.29, 0.717) is 25.4 Å². The van der Waals surface area contributed by atoms with Gasteiger partial charge < -0.3 is 25.2 Å². The number of nitrogens with zero attached hydrogens (tertiary/aromatic N) is 2. The molecule has 3 rings (SSSR count). The number of amides is 2. The van der Waals surface area contributed by atoms with Crippen LogP contribution < -0.4 is 15.4 Å². The van der Waals surface area contributed by atoms with Crippen molar-refractivity contribution in [1.82, 2.24) is 20.4 Å². The first-order valence-corrected chi connectivity index (χ1v) is 10.4. The zero-order chi connectivity index (χ0) is 19.6. The smallest absolute Gasteiger partial charge is 0.260 e. The molecule has 2 N–H and O–H groups in total. The molecule has 1 unspecified atom stereocenters. The minimum absolute atomic E-state index is 0. The van der Waals surface area contributed by atoms with Gasteiger partial charge in [-0.1, -0.05) is 18.2 Å². The molecule has 1 aromatic carbocycles. The molecule has 0 saturated carbocycles. The number of carbonyl (C=O) groups is 2. The van der Waals surface area contributed by atoms with Crippen LogP contribution in [0.1, 0.15) is 19.3 Å². The van der Waals surface area contributed by atoms with Crippen LogP contribution in [0.2, 0.25) is 0 Å². The Kier molecular flexibility index (Phi) is 10.2. The van der Waals surface area contributed by atoms with E-state index in [2.05, 4.69) is 15.5 Å². The topological polar surface area (TPSA) is 73.9 Å². The van der Waals surface area contributed by atoms with Crippen molar-refractivity contribution in [1.29, 1.82) is 0 Å². The van der Waals surface area contributed by atoms with E-state index in [1.165, 1.54) is 0 Å². The van der Waals surface area contributed by atoms with E-state index in [4.69, 9.17) is 4.74 Å². The van der Waals surface area contributed by atoms with Gasteiger partial charge in [-0.15, -0.1) is 12.4 Å². The average molecular weight is 425 g/mol. The van der Waals surface area contributed by atoms with Crippen molar-refractivity contribution in [3.8, 4) is 5.75 Å². The van der Waals surface area contributed by atoms with Crippen molar-refractivity contribution >= 4 is 24.2 Å². The number of hydrogen-bond donors (Lipinski definition) is 2. The molecule has 0 spiro atoms. The van der Waals surface area contributed by atoms with Gasteiger partial charge in [0.2, 0.25) is 5.91 Å². The van der Waals surface area contributed by atoms with Gasteiger partial charge in [0.1, 0.15) is 5.75 Å². The van der Waals surface area contributed by atoms with E-state index in [1.54, 1.807) is 4.90 Å². The van der Waals surface area contributed by atoms with Crippen molar-refractivity contribution in [3.05, 3.63) is 30.3 Å². The summed E-state index contributed by atoms with van der Waals surface area (Å²) in [4.78, 5) is 29.1. The number of hydrogen-bond acceptors (Lipinski definition) is 5. The molecule has 2 amide bonds. The van der Waals surface area contributed by atoms with Crippen LogP contribution in [0.3, 0.4) is 0 Å². The van der Waals surface area contributed by atoms with Crippen LogP contribution in [0.5, 0.6) is 5.75 Å². The number of ether oxygens (including phenoxy) is 1. The molecule has 2 saturated heterocycles. The summed E-state index contributed by atoms with van der Waals surface area (Å²) in [5.74, 6) is 0.585. The Morgan fingerprint density at radius 3 is 2.66 bits per heavy atom. The molecule has 0 bridgehead atoms. The number of piperidine rings is 1. The lowest BCUT2D eigenvalue weighted by Crippen LogP contribution is -2.47. The number of benzene rings is 1. The fraction of sp³-hybridized carbons (Fsp3) is 0.619. The molecular formula is C21H33ClN4O3. The van der Waals surface area contributed by atoms with Gasteiger partial charge in [0.25, 0.3) is 5.91 Å². The molecule has 162 valence electrons. The van der Waals surface area contributed by atoms with Crippen LogP contribution >= 0.6 is 12.4 Å². The highest BCUT2D eigenvalue weighted by molar-refractivity contribution is 5.85. The van der Waals surface area contributed by atoms with Crippen LogP contribution in [-0.2, 0) is 9.59 Å². The third-order valence-corrected chi connectivity index (χ3v) is 5.41. The Morgan fingerprint density at radius 2 is 1.90 bits per heavy atom. The second-order valence-electron chi connectivity index (χ2n) is 7.52. The summed E-state index contributed by atoms with van der Waals surface area (Å²) in [6.07, 6.45) is 2.66. The van der Waals surface area contributed by atoms with E-state index in [-0.39, 0.29) is 36.7 Å². The van der Waals surface area contributed by atoms with Gasteiger partial charge in [0.15, 0.2) is 6.61 Å². The average Bonchev–Trinajstić information content (AvgIpc) is 2.76. The van der Waals surface area contributed by atoms with Gasteiger partial charge >= 0.3 is 0 Å². The van der Waals surface area contributed by atoms with Crippen molar-refractivity contribution in [2.75, 3.05) is 59.0 Å². The Balaban J connectivity index is 0.00000300. The summed E-state index contributed by atoms with van der Waals surface area (Å²) in [7, 11) is 0. The number of likely N-dealkylation sites (tertiary alicyclic amines) is 1. The third kappa shape index (κ3) is 7.84. The molecule has 8 heteroatoms. The summed E-state index contributed by atoms with van der Waals surface area (Å²) in [5.41, 5.74) is 0. The maximum atomic E-state index is 12.5. The number of carbonyl (C=O) groups excluding carboxylic acids is 2. The number of halogens is 1. The Hall–Kier alpha value is -1.83. The highest BCUT2D eigenvalue weighted by Gasteiger charge is 2.28. The molecule has 7 nitrogen and oxygen atoms in total. The van der Waals surface area contributed by atoms with Crippen LogP contribution in [0, 0.1) is 5.92 Å². The highest BCUT2D eigenvalue weighted by Crippen LogP contribution is 2.17. The SMILES string of the molecule is Cl.O=C(NCCCN1CCNCC1)C1CCCN(C(=O)COc2ccccc2)C1. The first-order chi connectivity index (χ1) is 13.7. The zero-order valence-electron chi connectivity index (χ0n) is 17.0. The molecule has 2 heterocycles. The highest BCUT2D eigenvalue weighted by atomic mass is 35.5. The van der Waals surface area contributed by atoms with Crippen LogP contribution in [0.25, 0.3) is 0 Å². The molecule has 1 atom stereocenters. The van der Waals surface area contributed by atoms with E-state index < -0.39 is 0 Å². The van der Waals surface area contributed by atoms with Crippen LogP contribution in [0.15, 0.2) is 30.3 Å². The number of rotatable bonds is 8. The second kappa shape index (κ2) is 12.7. The summed E-state index contributed by atoms with van der Waals surface area (Å²) in [6, 6.07) is 9.33. The maximum absolute atomic E-state index is 12.5. The summed E-state index contributed by atoms with van der Waals surface area (Å²) in [5, 5.41) is 6.40. The quantitative estimate of drug-likeness (QED) is 0.612. The summed E-state index contributed by atoms with van der Waals surface area (Å²) in [6.45, 7) is 7.18. The predicted molar refractivity (Wildman–Crippen MR) is 115 cm³/mol. The lowest BCUT2D eigenvalue weighted by Gasteiger charge is -2.32. The van der Waals surface area contributed by atoms with Gasteiger partial charge in [-0.25, -0.2) is 0 Å². The third-order valence-electron chi connectivity index (χ3n) is 5.41. The van der Waals surface area contributed by atoms with Crippen molar-refractivity contribution in [3.63, 3.8) is 0 Å². The minimum atomic E-state index is -0.117. The van der Waals surface area contributed by atoms with Crippen LogP contribution in [0.4, 0.5) is 0 Å². The molecule has 1 aromatic rings. The fourth-order valence-electron chi connectivity index (χ4n) is 3.76. The molecule has 0 aromatic heterocycles. The van der Waals surface area contributed by atoms with Gasteiger partial charge in [0.05, 0.1) is 5.92 Å². The monoisotopic (exact) mass is 424 g/mol. The van der Waals surface area contributed by atoms with E-state index in [0.717, 1.165) is 52.0 Å². The van der Waals surface area contributed by atoms with Gasteiger partial charge in [-0.2, -0.15) is 0 Å². The molecular weight excluding hydrogens is 392 g/mol. The molecule has 29 heavy (non-hydrogen) atoms. The van der Waals surface area contributed by atoms with Gasteiger partial charge in [0, 0.05) is 45.8 Å². The fourth-order valence-corrected chi connectivity index (χ4v) is 3.76. The van der Waals surface area contributed by atoms with Crippen molar-refractivity contribution < 1.29 is 14.3 Å². The molecule has 0 radical (unpaired) electrons. The Labute approximate surface area is 179 Å². The Bertz CT molecular complexity index is 626. The number of piperazine rings is 1. The maximum Gasteiger partial charge on any atom is 0.260 e. The van der Waals surface area contributed by atoms with Crippen molar-refractivity contribution in [2.24, 2.45) is 5.92 Å². The molecule has 2 fully saturated rings. The minimum Gasteiger partial charge on any atom is -0.484 e. The van der Waals surface area contributed by atoms with Crippen molar-refractivity contribution in [2.45, 2.75) is 19.3 Å². The molecule has 2 aliphatic heterocycles. The van der Waals surface area contributed by atoms with E-state index in [1.807, 2.05) is 30.3 Å². The van der Waals surface area contributed by atoms with Gasteiger partial charge in [-0.3, -0.25) is 9.59 Å². The van der Waals surface area contributed by atoms with Gasteiger partial charge in [-0.05, 0) is 37.9 Å². The number of para-hydroxylation sites is 1. The summed E-state index contributed by atoms with van der Waals surface area (Å²) < 4.78 is 5.55. The van der Waals surface area contributed by atoms with E-state index >= 15 is 0 Å². The first kappa shape index (κ1) is 23.4. The molecule has 0 aliphatic carbocycles. The second-order valence-corrected chi connectivity index (χ2v) is 7.52. The molecule has 2 aliphatic rings. The van der Waals surface area contributed by atoms with E-state index in [9.17, 15) is 9.59 Å². The number of nitrogens with one attached hydrogen (secondary N) is 2. The predicted octanol–water partition coefficient (Wildman–Crippen LogP) is 1.14. The summed E-state index contributed by atoms with van der Waals surface area (Å²) >= 11 is 0. The standard InChI is InChI=1S/C21H32N4O3.ClH/c26-20(17-28-19-7-2-1-3-8-19)25-13-4-6-18(16-25)21(27)23-9-5-12-24-14-10-22-11-15-24;/h1-3,7-8,18,22H,4-6,9-17H2,(H,23,27);1H. The first-order valence-electron chi connectivity index (χ1n) is 10.4. The lowest BCUT2D eigenvalue weighted by atomic mass is 9.97. The largest absolute Gasteiger partial charge is 0.484 e. The normalized spacial score (nSPS) is 19.9. The zero-order valence-corrected chi connectivity index (χ0v) is 17.8. The lowest BCUT2D eigenvalue weighted by molar-refractivity contribution is -0.137.